The number of halogens is 3. The maximum absolute atomic E-state index is 11.0. The first-order valence-corrected chi connectivity index (χ1v) is 6.59. The van der Waals surface area contributed by atoms with Crippen molar-refractivity contribution in [3.05, 3.63) is 44.8 Å². The third kappa shape index (κ3) is 2.47. The van der Waals surface area contributed by atoms with Crippen LogP contribution in [0.3, 0.4) is 0 Å². The SMILES string of the molecule is O=C(Cl)Cc1c(Br)ccc2ccc(Br)cc12. The summed E-state index contributed by atoms with van der Waals surface area (Å²) in [7, 11) is 0. The molecule has 0 saturated heterocycles. The zero-order chi connectivity index (χ0) is 11.7. The molecule has 0 unspecified atom stereocenters. The molecule has 0 aromatic heterocycles. The standard InChI is InChI=1S/C12H7Br2ClO/c13-8-3-1-7-2-4-11(14)10(6-12(15)16)9(7)5-8/h1-5H,6H2. The van der Waals surface area contributed by atoms with E-state index in [1.807, 2.05) is 30.3 Å². The van der Waals surface area contributed by atoms with E-state index in [4.69, 9.17) is 11.6 Å². The van der Waals surface area contributed by atoms with Crippen molar-refractivity contribution in [1.29, 1.82) is 0 Å². The van der Waals surface area contributed by atoms with Gasteiger partial charge in [0.25, 0.3) is 0 Å². The van der Waals surface area contributed by atoms with E-state index in [-0.39, 0.29) is 11.7 Å². The maximum atomic E-state index is 11.0. The van der Waals surface area contributed by atoms with E-state index < -0.39 is 0 Å². The monoisotopic (exact) mass is 360 g/mol. The quantitative estimate of drug-likeness (QED) is 0.710. The van der Waals surface area contributed by atoms with Crippen LogP contribution in [0.25, 0.3) is 10.8 Å². The molecular weight excluding hydrogens is 355 g/mol. The molecule has 0 amide bonds. The summed E-state index contributed by atoms with van der Waals surface area (Å²) in [6.07, 6.45) is 0.232. The van der Waals surface area contributed by atoms with Crippen LogP contribution < -0.4 is 0 Å². The van der Waals surface area contributed by atoms with Crippen LogP contribution in [0, 0.1) is 0 Å². The summed E-state index contributed by atoms with van der Waals surface area (Å²) < 4.78 is 1.90. The van der Waals surface area contributed by atoms with Crippen molar-refractivity contribution in [2.45, 2.75) is 6.42 Å². The molecule has 0 aliphatic rings. The van der Waals surface area contributed by atoms with Crippen molar-refractivity contribution in [1.82, 2.24) is 0 Å². The Morgan fingerprint density at radius 3 is 2.56 bits per heavy atom. The highest BCUT2D eigenvalue weighted by Gasteiger charge is 2.09. The second-order valence-corrected chi connectivity index (χ2v) is 5.61. The minimum absolute atomic E-state index is 0.232. The average Bonchev–Trinajstić information content (AvgIpc) is 2.22. The van der Waals surface area contributed by atoms with Gasteiger partial charge in [0, 0.05) is 15.4 Å². The van der Waals surface area contributed by atoms with Crippen molar-refractivity contribution >= 4 is 59.5 Å². The van der Waals surface area contributed by atoms with Crippen LogP contribution >= 0.6 is 43.5 Å². The van der Waals surface area contributed by atoms with Gasteiger partial charge in [0.2, 0.25) is 5.24 Å². The molecule has 0 fully saturated rings. The Morgan fingerprint density at radius 1 is 1.19 bits per heavy atom. The molecule has 82 valence electrons. The number of carbonyl (C=O) groups is 1. The first-order chi connectivity index (χ1) is 7.58. The van der Waals surface area contributed by atoms with Gasteiger partial charge in [0.1, 0.15) is 0 Å². The highest BCUT2D eigenvalue weighted by atomic mass is 79.9. The minimum atomic E-state index is -0.354. The smallest absolute Gasteiger partial charge is 0.226 e. The summed E-state index contributed by atoms with van der Waals surface area (Å²) in [5.41, 5.74) is 0.929. The fourth-order valence-electron chi connectivity index (χ4n) is 1.65. The summed E-state index contributed by atoms with van der Waals surface area (Å²) in [6, 6.07) is 9.92. The van der Waals surface area contributed by atoms with Crippen LogP contribution in [-0.4, -0.2) is 5.24 Å². The topological polar surface area (TPSA) is 17.1 Å². The lowest BCUT2D eigenvalue weighted by molar-refractivity contribution is -0.111. The molecule has 0 atom stereocenters. The predicted octanol–water partition coefficient (Wildman–Crippen LogP) is 4.67. The van der Waals surface area contributed by atoms with Crippen molar-refractivity contribution in [2.75, 3.05) is 0 Å². The number of rotatable bonds is 2. The van der Waals surface area contributed by atoms with Gasteiger partial charge in [-0.05, 0) is 46.1 Å². The van der Waals surface area contributed by atoms with E-state index >= 15 is 0 Å². The number of benzene rings is 2. The van der Waals surface area contributed by atoms with Gasteiger partial charge in [-0.2, -0.15) is 0 Å². The van der Waals surface area contributed by atoms with Gasteiger partial charge >= 0.3 is 0 Å². The first kappa shape index (κ1) is 12.1. The van der Waals surface area contributed by atoms with E-state index in [0.717, 1.165) is 25.3 Å². The van der Waals surface area contributed by atoms with Crippen LogP contribution in [0.2, 0.25) is 0 Å². The highest BCUT2D eigenvalue weighted by Crippen LogP contribution is 2.29. The van der Waals surface area contributed by atoms with E-state index in [1.54, 1.807) is 0 Å². The molecule has 16 heavy (non-hydrogen) atoms. The van der Waals surface area contributed by atoms with Crippen molar-refractivity contribution in [2.24, 2.45) is 0 Å². The van der Waals surface area contributed by atoms with Gasteiger partial charge in [-0.1, -0.05) is 44.0 Å². The van der Waals surface area contributed by atoms with E-state index in [0.29, 0.717) is 0 Å². The van der Waals surface area contributed by atoms with Crippen LogP contribution in [0.5, 0.6) is 0 Å². The average molecular weight is 362 g/mol. The van der Waals surface area contributed by atoms with Gasteiger partial charge in [-0.25, -0.2) is 0 Å². The minimum Gasteiger partial charge on any atom is -0.281 e. The Balaban J connectivity index is 2.72. The summed E-state index contributed by atoms with van der Waals surface area (Å²) in [6.45, 7) is 0. The highest BCUT2D eigenvalue weighted by molar-refractivity contribution is 9.10. The van der Waals surface area contributed by atoms with E-state index in [9.17, 15) is 4.79 Å². The molecule has 0 heterocycles. The second kappa shape index (κ2) is 4.86. The fraction of sp³-hybridized carbons (Fsp3) is 0.0833. The molecule has 0 bridgehead atoms. The molecule has 0 radical (unpaired) electrons. The van der Waals surface area contributed by atoms with Crippen molar-refractivity contribution < 1.29 is 4.79 Å². The van der Waals surface area contributed by atoms with Gasteiger partial charge < -0.3 is 0 Å². The second-order valence-electron chi connectivity index (χ2n) is 3.42. The Kier molecular flexibility index (Phi) is 3.67. The maximum Gasteiger partial charge on any atom is 0.226 e. The largest absolute Gasteiger partial charge is 0.281 e. The third-order valence-electron chi connectivity index (χ3n) is 2.35. The van der Waals surface area contributed by atoms with Crippen molar-refractivity contribution in [3.8, 4) is 0 Å². The van der Waals surface area contributed by atoms with E-state index in [2.05, 4.69) is 31.9 Å². The van der Waals surface area contributed by atoms with Crippen LogP contribution in [0.15, 0.2) is 39.3 Å². The van der Waals surface area contributed by atoms with Crippen LogP contribution in [0.4, 0.5) is 0 Å². The van der Waals surface area contributed by atoms with Crippen LogP contribution in [-0.2, 0) is 11.2 Å². The van der Waals surface area contributed by atoms with E-state index in [1.165, 1.54) is 0 Å². The molecular formula is C12H7Br2ClO. The van der Waals surface area contributed by atoms with Crippen molar-refractivity contribution in [3.63, 3.8) is 0 Å². The molecule has 0 spiro atoms. The van der Waals surface area contributed by atoms with Crippen LogP contribution in [0.1, 0.15) is 5.56 Å². The normalized spacial score (nSPS) is 10.7. The zero-order valence-corrected chi connectivity index (χ0v) is 12.1. The lowest BCUT2D eigenvalue weighted by atomic mass is 10.0. The number of hydrogen-bond acceptors (Lipinski definition) is 1. The number of fused-ring (bicyclic) bond motifs is 1. The summed E-state index contributed by atoms with van der Waals surface area (Å²) in [4.78, 5) is 11.0. The molecule has 0 aliphatic carbocycles. The molecule has 0 N–H and O–H groups in total. The lowest BCUT2D eigenvalue weighted by Crippen LogP contribution is -1.96. The van der Waals surface area contributed by atoms with Gasteiger partial charge in [-0.15, -0.1) is 0 Å². The summed E-state index contributed by atoms with van der Waals surface area (Å²) in [5, 5.41) is 1.78. The first-order valence-electron chi connectivity index (χ1n) is 4.63. The summed E-state index contributed by atoms with van der Waals surface area (Å²) >= 11 is 12.3. The molecule has 0 saturated carbocycles. The molecule has 4 heteroatoms. The molecule has 2 aromatic rings. The van der Waals surface area contributed by atoms with Gasteiger partial charge in [-0.3, -0.25) is 4.79 Å². The number of carbonyl (C=O) groups excluding carboxylic acids is 1. The molecule has 1 nitrogen and oxygen atoms in total. The van der Waals surface area contributed by atoms with Gasteiger partial charge in [0.15, 0.2) is 0 Å². The molecule has 2 rings (SSSR count). The molecule has 0 aliphatic heterocycles. The number of hydrogen-bond donors (Lipinski definition) is 0. The Hall–Kier alpha value is -0.380. The third-order valence-corrected chi connectivity index (χ3v) is 3.72. The Morgan fingerprint density at radius 2 is 1.88 bits per heavy atom. The Bertz CT molecular complexity index is 561. The lowest BCUT2D eigenvalue weighted by Gasteiger charge is -2.07. The zero-order valence-electron chi connectivity index (χ0n) is 8.14. The Labute approximate surface area is 115 Å². The summed E-state index contributed by atoms with van der Waals surface area (Å²) in [5.74, 6) is 0. The molecule has 2 aromatic carbocycles. The van der Waals surface area contributed by atoms with Gasteiger partial charge in [0.05, 0.1) is 0 Å². The predicted molar refractivity (Wildman–Crippen MR) is 73.9 cm³/mol. The fourth-order valence-corrected chi connectivity index (χ4v) is 2.63.